The van der Waals surface area contributed by atoms with Crippen LogP contribution in [0.5, 0.6) is 5.75 Å². The van der Waals surface area contributed by atoms with E-state index in [4.69, 9.17) is 16.3 Å². The van der Waals surface area contributed by atoms with Crippen molar-refractivity contribution in [1.29, 1.82) is 0 Å². The highest BCUT2D eigenvalue weighted by atomic mass is 35.5. The summed E-state index contributed by atoms with van der Waals surface area (Å²) in [6, 6.07) is 8.61. The van der Waals surface area contributed by atoms with Crippen molar-refractivity contribution in [3.05, 3.63) is 59.6 Å². The molecule has 31 heavy (non-hydrogen) atoms. The number of benzene rings is 1. The largest absolute Gasteiger partial charge is 0.471 e. The molecule has 1 aliphatic rings. The number of aryl methyl sites for hydroxylation is 1. The van der Waals surface area contributed by atoms with Crippen LogP contribution in [0.25, 0.3) is 0 Å². The number of hydrogen-bond donors (Lipinski definition) is 0. The molecule has 1 aromatic carbocycles. The molecule has 0 aliphatic carbocycles. The molecule has 1 fully saturated rings. The predicted molar refractivity (Wildman–Crippen MR) is 112 cm³/mol. The molecule has 3 heterocycles. The SMILES string of the molecule is Cn1cc(S(=O)(=O)N2CCN(C(=O)c3ccn(COc4cccc(Cl)c4)n3)CC2)cn1. The third-order valence-corrected chi connectivity index (χ3v) is 6.95. The molecule has 10 nitrogen and oxygen atoms in total. The first-order valence-electron chi connectivity index (χ1n) is 9.53. The topological polar surface area (TPSA) is 103 Å². The van der Waals surface area contributed by atoms with Crippen LogP contribution >= 0.6 is 11.6 Å². The van der Waals surface area contributed by atoms with E-state index < -0.39 is 10.0 Å². The Labute approximate surface area is 184 Å². The minimum absolute atomic E-state index is 0.130. The Morgan fingerprint density at radius 3 is 2.65 bits per heavy atom. The van der Waals surface area contributed by atoms with Gasteiger partial charge in [-0.3, -0.25) is 9.48 Å². The van der Waals surface area contributed by atoms with Crippen LogP contribution in [-0.2, 0) is 23.8 Å². The number of hydrogen-bond acceptors (Lipinski definition) is 6. The molecule has 0 bridgehead atoms. The summed E-state index contributed by atoms with van der Waals surface area (Å²) < 4.78 is 35.3. The fraction of sp³-hybridized carbons (Fsp3) is 0.316. The number of halogens is 1. The summed E-state index contributed by atoms with van der Waals surface area (Å²) in [4.78, 5) is 14.5. The molecule has 0 N–H and O–H groups in total. The van der Waals surface area contributed by atoms with Gasteiger partial charge in [0.1, 0.15) is 10.6 Å². The highest BCUT2D eigenvalue weighted by Gasteiger charge is 2.31. The minimum Gasteiger partial charge on any atom is -0.471 e. The van der Waals surface area contributed by atoms with E-state index in [2.05, 4.69) is 10.2 Å². The molecule has 2 aromatic heterocycles. The number of rotatable bonds is 6. The first kappa shape index (κ1) is 21.3. The van der Waals surface area contributed by atoms with Crippen molar-refractivity contribution >= 4 is 27.5 Å². The second-order valence-corrected chi connectivity index (χ2v) is 9.39. The zero-order chi connectivity index (χ0) is 22.0. The van der Waals surface area contributed by atoms with Gasteiger partial charge in [0.05, 0.1) is 6.20 Å². The molecule has 1 amide bonds. The van der Waals surface area contributed by atoms with Gasteiger partial charge in [-0.05, 0) is 24.3 Å². The minimum atomic E-state index is -3.62. The van der Waals surface area contributed by atoms with Crippen LogP contribution in [0, 0.1) is 0 Å². The van der Waals surface area contributed by atoms with Gasteiger partial charge in [0.2, 0.25) is 10.0 Å². The summed E-state index contributed by atoms with van der Waals surface area (Å²) in [5.74, 6) is 0.349. The highest BCUT2D eigenvalue weighted by Crippen LogP contribution is 2.19. The smallest absolute Gasteiger partial charge is 0.274 e. The van der Waals surface area contributed by atoms with Crippen LogP contribution in [-0.4, -0.2) is 69.3 Å². The van der Waals surface area contributed by atoms with Gasteiger partial charge < -0.3 is 9.64 Å². The predicted octanol–water partition coefficient (Wildman–Crippen LogP) is 1.45. The first-order valence-corrected chi connectivity index (χ1v) is 11.3. The maximum Gasteiger partial charge on any atom is 0.274 e. The number of amides is 1. The lowest BCUT2D eigenvalue weighted by Crippen LogP contribution is -2.50. The number of ether oxygens (including phenoxy) is 1. The Kier molecular flexibility index (Phi) is 5.99. The van der Waals surface area contributed by atoms with E-state index >= 15 is 0 Å². The Morgan fingerprint density at radius 2 is 1.97 bits per heavy atom. The van der Waals surface area contributed by atoms with Gasteiger partial charge in [0.15, 0.2) is 12.4 Å². The third-order valence-electron chi connectivity index (χ3n) is 4.86. The Morgan fingerprint density at radius 1 is 1.19 bits per heavy atom. The molecule has 3 aromatic rings. The van der Waals surface area contributed by atoms with E-state index in [1.165, 1.54) is 26.1 Å². The summed E-state index contributed by atoms with van der Waals surface area (Å²) in [5.41, 5.74) is 0.276. The third kappa shape index (κ3) is 4.73. The van der Waals surface area contributed by atoms with Gasteiger partial charge in [-0.15, -0.1) is 0 Å². The monoisotopic (exact) mass is 464 g/mol. The fourth-order valence-corrected chi connectivity index (χ4v) is 4.81. The Balaban J connectivity index is 1.34. The molecule has 1 saturated heterocycles. The van der Waals surface area contributed by atoms with E-state index in [1.807, 2.05) is 0 Å². The molecule has 1 aliphatic heterocycles. The number of nitrogens with zero attached hydrogens (tertiary/aromatic N) is 6. The summed E-state index contributed by atoms with van der Waals surface area (Å²) >= 11 is 5.93. The van der Waals surface area contributed by atoms with Gasteiger partial charge in [-0.25, -0.2) is 13.1 Å². The number of carbonyl (C=O) groups is 1. The summed E-state index contributed by atoms with van der Waals surface area (Å²) in [6.07, 6.45) is 4.44. The average molecular weight is 465 g/mol. The number of piperazine rings is 1. The number of sulfonamides is 1. The molecule has 164 valence electrons. The van der Waals surface area contributed by atoms with Crippen molar-refractivity contribution in [2.75, 3.05) is 26.2 Å². The maximum atomic E-state index is 12.8. The van der Waals surface area contributed by atoms with Crippen molar-refractivity contribution in [1.82, 2.24) is 28.8 Å². The van der Waals surface area contributed by atoms with Crippen molar-refractivity contribution in [2.45, 2.75) is 11.6 Å². The molecular weight excluding hydrogens is 444 g/mol. The molecular formula is C19H21ClN6O4S. The molecule has 0 radical (unpaired) electrons. The Bertz CT molecular complexity index is 1180. The molecule has 0 saturated carbocycles. The van der Waals surface area contributed by atoms with Crippen LogP contribution in [0.1, 0.15) is 10.5 Å². The summed E-state index contributed by atoms with van der Waals surface area (Å²) in [7, 11) is -1.96. The van der Waals surface area contributed by atoms with E-state index in [-0.39, 0.29) is 49.4 Å². The quantitative estimate of drug-likeness (QED) is 0.547. The lowest BCUT2D eigenvalue weighted by Gasteiger charge is -2.33. The molecule has 0 atom stereocenters. The zero-order valence-corrected chi connectivity index (χ0v) is 18.3. The van der Waals surface area contributed by atoms with Crippen molar-refractivity contribution in [3.63, 3.8) is 0 Å². The molecule has 12 heteroatoms. The van der Waals surface area contributed by atoms with E-state index in [0.29, 0.717) is 10.8 Å². The Hall–Kier alpha value is -2.89. The molecule has 4 rings (SSSR count). The van der Waals surface area contributed by atoms with Crippen LogP contribution in [0.2, 0.25) is 5.02 Å². The van der Waals surface area contributed by atoms with Crippen molar-refractivity contribution in [3.8, 4) is 5.75 Å². The summed E-state index contributed by atoms with van der Waals surface area (Å²) in [6.45, 7) is 1.11. The lowest BCUT2D eigenvalue weighted by molar-refractivity contribution is 0.0690. The fourth-order valence-electron chi connectivity index (χ4n) is 3.22. The van der Waals surface area contributed by atoms with Gasteiger partial charge in [0, 0.05) is 50.6 Å². The van der Waals surface area contributed by atoms with E-state index in [9.17, 15) is 13.2 Å². The van der Waals surface area contributed by atoms with Gasteiger partial charge in [-0.2, -0.15) is 14.5 Å². The van der Waals surface area contributed by atoms with E-state index in [1.54, 1.807) is 48.5 Å². The van der Waals surface area contributed by atoms with Crippen LogP contribution in [0.15, 0.2) is 53.8 Å². The van der Waals surface area contributed by atoms with Gasteiger partial charge in [-0.1, -0.05) is 17.7 Å². The molecule has 0 unspecified atom stereocenters. The lowest BCUT2D eigenvalue weighted by atomic mass is 10.3. The van der Waals surface area contributed by atoms with Crippen LogP contribution < -0.4 is 4.74 Å². The average Bonchev–Trinajstić information content (AvgIpc) is 3.41. The molecule has 0 spiro atoms. The van der Waals surface area contributed by atoms with Gasteiger partial charge in [0.25, 0.3) is 5.91 Å². The number of carbonyl (C=O) groups excluding carboxylic acids is 1. The second-order valence-electron chi connectivity index (χ2n) is 7.02. The number of aromatic nitrogens is 4. The standard InChI is InChI=1S/C19H21ClN6O4S/c1-23-13-17(12-21-23)31(28,29)26-9-7-24(8-10-26)19(27)18-5-6-25(22-18)14-30-16-4-2-3-15(20)11-16/h2-6,11-13H,7-10,14H2,1H3. The van der Waals surface area contributed by atoms with Crippen LogP contribution in [0.3, 0.4) is 0 Å². The normalized spacial score (nSPS) is 15.2. The highest BCUT2D eigenvalue weighted by molar-refractivity contribution is 7.89. The first-order chi connectivity index (χ1) is 14.8. The van der Waals surface area contributed by atoms with Crippen molar-refractivity contribution in [2.24, 2.45) is 7.05 Å². The van der Waals surface area contributed by atoms with Crippen LogP contribution in [0.4, 0.5) is 0 Å². The summed E-state index contributed by atoms with van der Waals surface area (Å²) in [5, 5.41) is 8.75. The zero-order valence-electron chi connectivity index (χ0n) is 16.8. The van der Waals surface area contributed by atoms with Crippen molar-refractivity contribution < 1.29 is 17.9 Å². The van der Waals surface area contributed by atoms with E-state index in [0.717, 1.165) is 0 Å². The second kappa shape index (κ2) is 8.69. The van der Waals surface area contributed by atoms with Gasteiger partial charge >= 0.3 is 0 Å². The maximum absolute atomic E-state index is 12.8.